The first-order valence-corrected chi connectivity index (χ1v) is 9.50. The molecule has 0 aliphatic heterocycles. The normalized spacial score (nSPS) is 10.4. The molecule has 1 N–H and O–H groups in total. The number of para-hydroxylation sites is 1. The van der Waals surface area contributed by atoms with Gasteiger partial charge in [0.1, 0.15) is 22.2 Å². The van der Waals surface area contributed by atoms with Crippen LogP contribution in [0, 0.1) is 6.92 Å². The van der Waals surface area contributed by atoms with E-state index in [1.54, 1.807) is 55.5 Å². The molecule has 0 aliphatic carbocycles. The van der Waals surface area contributed by atoms with E-state index in [1.807, 2.05) is 0 Å². The van der Waals surface area contributed by atoms with Gasteiger partial charge in [-0.05, 0) is 43.3 Å². The van der Waals surface area contributed by atoms with Crippen LogP contribution in [-0.2, 0) is 11.3 Å². The molecule has 3 rings (SSSR count). The predicted octanol–water partition coefficient (Wildman–Crippen LogP) is 4.72. The lowest BCUT2D eigenvalue weighted by Crippen LogP contribution is -2.15. The number of thiazole rings is 1. The number of nitrogens with one attached hydrogen (secondary N) is 1. The van der Waals surface area contributed by atoms with E-state index in [4.69, 9.17) is 21.1 Å². The van der Waals surface area contributed by atoms with Gasteiger partial charge in [0.2, 0.25) is 0 Å². The van der Waals surface area contributed by atoms with E-state index in [2.05, 4.69) is 10.3 Å². The van der Waals surface area contributed by atoms with E-state index in [0.717, 1.165) is 0 Å². The molecule has 0 fully saturated rings. The van der Waals surface area contributed by atoms with Gasteiger partial charge in [-0.2, -0.15) is 0 Å². The monoisotopic (exact) mass is 416 g/mol. The summed E-state index contributed by atoms with van der Waals surface area (Å²) in [6.07, 6.45) is 0. The van der Waals surface area contributed by atoms with Crippen LogP contribution in [0.2, 0.25) is 5.02 Å². The minimum atomic E-state index is -0.519. The molecule has 0 saturated heterocycles. The molecule has 6 nitrogen and oxygen atoms in total. The van der Waals surface area contributed by atoms with Gasteiger partial charge >= 0.3 is 5.97 Å². The number of aryl methyl sites for hydroxylation is 1. The summed E-state index contributed by atoms with van der Waals surface area (Å²) in [5.41, 5.74) is 1.26. The fraction of sp³-hybridized carbons (Fsp3) is 0.150. The zero-order valence-corrected chi connectivity index (χ0v) is 16.8. The second kappa shape index (κ2) is 8.86. The van der Waals surface area contributed by atoms with Crippen LogP contribution in [0.5, 0.6) is 5.75 Å². The lowest BCUT2D eigenvalue weighted by atomic mass is 10.1. The summed E-state index contributed by atoms with van der Waals surface area (Å²) >= 11 is 7.09. The summed E-state index contributed by atoms with van der Waals surface area (Å²) in [4.78, 5) is 29.4. The number of benzene rings is 2. The van der Waals surface area contributed by atoms with Gasteiger partial charge in [0.25, 0.3) is 5.91 Å². The fourth-order valence-corrected chi connectivity index (χ4v) is 3.46. The van der Waals surface area contributed by atoms with Crippen molar-refractivity contribution >= 4 is 40.5 Å². The summed E-state index contributed by atoms with van der Waals surface area (Å²) in [6.45, 7) is 1.99. The lowest BCUT2D eigenvalue weighted by Gasteiger charge is -2.08. The molecule has 0 bridgehead atoms. The predicted molar refractivity (Wildman–Crippen MR) is 108 cm³/mol. The van der Waals surface area contributed by atoms with Crippen LogP contribution >= 0.6 is 22.9 Å². The third-order valence-electron chi connectivity index (χ3n) is 3.80. The highest BCUT2D eigenvalue weighted by molar-refractivity contribution is 7.13. The second-order valence-electron chi connectivity index (χ2n) is 5.76. The third kappa shape index (κ3) is 4.68. The van der Waals surface area contributed by atoms with Crippen molar-refractivity contribution in [3.8, 4) is 5.75 Å². The Balaban J connectivity index is 1.71. The van der Waals surface area contributed by atoms with Crippen LogP contribution in [0.3, 0.4) is 0 Å². The van der Waals surface area contributed by atoms with Crippen molar-refractivity contribution in [2.24, 2.45) is 0 Å². The molecule has 3 aromatic rings. The maximum absolute atomic E-state index is 12.7. The van der Waals surface area contributed by atoms with Crippen molar-refractivity contribution in [3.63, 3.8) is 0 Å². The largest absolute Gasteiger partial charge is 0.486 e. The number of amides is 1. The summed E-state index contributed by atoms with van der Waals surface area (Å²) in [7, 11) is 1.29. The molecule has 0 unspecified atom stereocenters. The van der Waals surface area contributed by atoms with E-state index in [-0.39, 0.29) is 18.1 Å². The zero-order valence-electron chi connectivity index (χ0n) is 15.2. The zero-order chi connectivity index (χ0) is 20.1. The number of esters is 1. The van der Waals surface area contributed by atoms with Gasteiger partial charge in [-0.3, -0.25) is 4.79 Å². The van der Waals surface area contributed by atoms with Crippen LogP contribution in [0.25, 0.3) is 0 Å². The number of ether oxygens (including phenoxy) is 2. The van der Waals surface area contributed by atoms with Gasteiger partial charge in [0.05, 0.1) is 24.1 Å². The Kier molecular flexibility index (Phi) is 6.28. The first-order chi connectivity index (χ1) is 13.5. The maximum Gasteiger partial charge on any atom is 0.339 e. The van der Waals surface area contributed by atoms with Crippen molar-refractivity contribution in [2.75, 3.05) is 12.4 Å². The molecular weight excluding hydrogens is 400 g/mol. The number of anilines is 1. The highest BCUT2D eigenvalue weighted by atomic mass is 35.5. The Morgan fingerprint density at radius 3 is 2.57 bits per heavy atom. The number of hydrogen-bond donors (Lipinski definition) is 1. The molecule has 2 aromatic carbocycles. The van der Waals surface area contributed by atoms with Crippen molar-refractivity contribution in [2.45, 2.75) is 13.5 Å². The molecule has 0 radical (unpaired) electrons. The number of methoxy groups -OCH3 is 1. The SMILES string of the molecule is COC(=O)c1ccccc1NC(=O)c1sc(COc2ccc(Cl)cc2)nc1C. The first-order valence-electron chi connectivity index (χ1n) is 8.31. The summed E-state index contributed by atoms with van der Waals surface area (Å²) in [5.74, 6) is -0.201. The Morgan fingerprint density at radius 1 is 1.14 bits per heavy atom. The fourth-order valence-electron chi connectivity index (χ4n) is 2.46. The first kappa shape index (κ1) is 19.9. The van der Waals surface area contributed by atoms with Crippen LogP contribution in [-0.4, -0.2) is 24.0 Å². The molecule has 1 heterocycles. The molecule has 28 heavy (non-hydrogen) atoms. The molecule has 0 aliphatic rings. The van der Waals surface area contributed by atoms with Crippen LogP contribution in [0.4, 0.5) is 5.69 Å². The molecule has 0 spiro atoms. The quantitative estimate of drug-likeness (QED) is 0.588. The Morgan fingerprint density at radius 2 is 1.86 bits per heavy atom. The van der Waals surface area contributed by atoms with Gasteiger partial charge in [0.15, 0.2) is 0 Å². The van der Waals surface area contributed by atoms with E-state index < -0.39 is 5.97 Å². The maximum atomic E-state index is 12.7. The third-order valence-corrected chi connectivity index (χ3v) is 5.19. The van der Waals surface area contributed by atoms with Gasteiger partial charge in [-0.25, -0.2) is 9.78 Å². The number of carbonyl (C=O) groups is 2. The van der Waals surface area contributed by atoms with Crippen molar-refractivity contribution in [1.29, 1.82) is 0 Å². The van der Waals surface area contributed by atoms with Crippen LogP contribution in [0.1, 0.15) is 30.7 Å². The van der Waals surface area contributed by atoms with E-state index in [0.29, 0.717) is 32.0 Å². The highest BCUT2D eigenvalue weighted by Crippen LogP contribution is 2.24. The lowest BCUT2D eigenvalue weighted by molar-refractivity contribution is 0.0602. The Bertz CT molecular complexity index is 1000. The summed E-state index contributed by atoms with van der Waals surface area (Å²) < 4.78 is 10.4. The van der Waals surface area contributed by atoms with Crippen LogP contribution in [0.15, 0.2) is 48.5 Å². The van der Waals surface area contributed by atoms with E-state index in [9.17, 15) is 9.59 Å². The number of rotatable bonds is 6. The van der Waals surface area contributed by atoms with Crippen LogP contribution < -0.4 is 10.1 Å². The number of nitrogens with zero attached hydrogens (tertiary/aromatic N) is 1. The molecular formula is C20H17ClN2O4S. The summed E-state index contributed by atoms with van der Waals surface area (Å²) in [6, 6.07) is 13.7. The average molecular weight is 417 g/mol. The topological polar surface area (TPSA) is 77.5 Å². The Labute approximate surface area is 171 Å². The minimum Gasteiger partial charge on any atom is -0.486 e. The smallest absolute Gasteiger partial charge is 0.339 e. The molecule has 1 amide bonds. The molecule has 1 aromatic heterocycles. The van der Waals surface area contributed by atoms with Crippen molar-refractivity contribution < 1.29 is 19.1 Å². The minimum absolute atomic E-state index is 0.235. The number of hydrogen-bond acceptors (Lipinski definition) is 6. The van der Waals surface area contributed by atoms with Gasteiger partial charge in [-0.1, -0.05) is 23.7 Å². The van der Waals surface area contributed by atoms with Crippen molar-refractivity contribution in [1.82, 2.24) is 4.98 Å². The molecule has 144 valence electrons. The highest BCUT2D eigenvalue weighted by Gasteiger charge is 2.19. The summed E-state index contributed by atoms with van der Waals surface area (Å²) in [5, 5.41) is 4.05. The number of aromatic nitrogens is 1. The second-order valence-corrected chi connectivity index (χ2v) is 7.28. The average Bonchev–Trinajstić information content (AvgIpc) is 3.08. The standard InChI is InChI=1S/C20H17ClN2O4S/c1-12-18(19(24)23-16-6-4-3-5-15(16)20(25)26-2)28-17(22-12)11-27-14-9-7-13(21)8-10-14/h3-10H,11H2,1-2H3,(H,23,24). The van der Waals surface area contributed by atoms with Gasteiger partial charge in [0, 0.05) is 5.02 Å². The van der Waals surface area contributed by atoms with Gasteiger partial charge < -0.3 is 14.8 Å². The number of halogens is 1. The molecule has 0 atom stereocenters. The van der Waals surface area contributed by atoms with Gasteiger partial charge in [-0.15, -0.1) is 11.3 Å². The molecule has 8 heteroatoms. The van der Waals surface area contributed by atoms with E-state index in [1.165, 1.54) is 18.4 Å². The van der Waals surface area contributed by atoms with E-state index >= 15 is 0 Å². The number of carbonyl (C=O) groups excluding carboxylic acids is 2. The Hall–Kier alpha value is -2.90. The van der Waals surface area contributed by atoms with Crippen molar-refractivity contribution in [3.05, 3.63) is 74.7 Å². The molecule has 0 saturated carbocycles.